The van der Waals surface area contributed by atoms with Gasteiger partial charge in [0.1, 0.15) is 11.8 Å². The third-order valence-electron chi connectivity index (χ3n) is 3.03. The van der Waals surface area contributed by atoms with Gasteiger partial charge in [-0.15, -0.1) is 0 Å². The fraction of sp³-hybridized carbons (Fsp3) is 0.200. The van der Waals surface area contributed by atoms with Gasteiger partial charge in [-0.2, -0.15) is 5.26 Å². The van der Waals surface area contributed by atoms with E-state index >= 15 is 0 Å². The molecule has 0 aliphatic rings. The molecule has 1 heterocycles. The van der Waals surface area contributed by atoms with Crippen LogP contribution >= 0.6 is 0 Å². The molecule has 0 spiro atoms. The minimum Gasteiger partial charge on any atom is -0.381 e. The molecule has 18 heavy (non-hydrogen) atoms. The van der Waals surface area contributed by atoms with Crippen molar-refractivity contribution in [1.82, 2.24) is 4.98 Å². The first kappa shape index (κ1) is 12.1. The van der Waals surface area contributed by atoms with E-state index in [0.717, 1.165) is 11.3 Å². The van der Waals surface area contributed by atoms with Crippen molar-refractivity contribution >= 4 is 5.69 Å². The van der Waals surface area contributed by atoms with Crippen molar-refractivity contribution in [3.8, 4) is 6.07 Å². The Morgan fingerprint density at radius 2 is 2.11 bits per heavy atom. The van der Waals surface area contributed by atoms with Gasteiger partial charge in [0.15, 0.2) is 0 Å². The second kappa shape index (κ2) is 5.33. The summed E-state index contributed by atoms with van der Waals surface area (Å²) >= 11 is 0. The van der Waals surface area contributed by atoms with Gasteiger partial charge >= 0.3 is 0 Å². The molecule has 0 saturated carbocycles. The fourth-order valence-corrected chi connectivity index (χ4v) is 1.79. The number of nitriles is 1. The highest BCUT2D eigenvalue weighted by atomic mass is 14.9. The maximum Gasteiger partial charge on any atom is 0.140 e. The number of rotatable bonds is 3. The van der Waals surface area contributed by atoms with Crippen molar-refractivity contribution in [3.63, 3.8) is 0 Å². The van der Waals surface area contributed by atoms with Crippen LogP contribution in [0.4, 0.5) is 5.69 Å². The van der Waals surface area contributed by atoms with Gasteiger partial charge in [0.25, 0.3) is 0 Å². The fourth-order valence-electron chi connectivity index (χ4n) is 1.79. The summed E-state index contributed by atoms with van der Waals surface area (Å²) in [5.74, 6) is 0. The van der Waals surface area contributed by atoms with Gasteiger partial charge in [0.2, 0.25) is 0 Å². The molecule has 3 nitrogen and oxygen atoms in total. The van der Waals surface area contributed by atoms with Gasteiger partial charge in [-0.1, -0.05) is 12.1 Å². The molecule has 0 amide bonds. The van der Waals surface area contributed by atoms with Crippen LogP contribution < -0.4 is 5.32 Å². The number of aryl methyl sites for hydroxylation is 1. The van der Waals surface area contributed by atoms with E-state index in [-0.39, 0.29) is 0 Å². The van der Waals surface area contributed by atoms with E-state index in [0.29, 0.717) is 12.2 Å². The molecule has 1 aromatic carbocycles. The number of hydrogen-bond acceptors (Lipinski definition) is 3. The van der Waals surface area contributed by atoms with Gasteiger partial charge in [-0.25, -0.2) is 4.98 Å². The summed E-state index contributed by atoms with van der Waals surface area (Å²) in [6.45, 7) is 4.90. The van der Waals surface area contributed by atoms with Crippen molar-refractivity contribution < 1.29 is 0 Å². The van der Waals surface area contributed by atoms with Gasteiger partial charge in [0.05, 0.1) is 0 Å². The first-order chi connectivity index (χ1) is 8.70. The topological polar surface area (TPSA) is 48.7 Å². The minimum absolute atomic E-state index is 0.454. The number of nitrogens with one attached hydrogen (secondary N) is 1. The standard InChI is InChI=1S/C15H15N3/c1-11-4-3-5-15(12(11)2)18-10-13-6-7-17-14(8-13)9-16/h3-8,18H,10H2,1-2H3. The average Bonchev–Trinajstić information content (AvgIpc) is 2.41. The molecule has 0 saturated heterocycles. The lowest BCUT2D eigenvalue weighted by Gasteiger charge is -2.11. The Kier molecular flexibility index (Phi) is 3.59. The maximum atomic E-state index is 8.79. The van der Waals surface area contributed by atoms with E-state index in [4.69, 9.17) is 5.26 Å². The highest BCUT2D eigenvalue weighted by Gasteiger charge is 2.01. The Morgan fingerprint density at radius 1 is 1.28 bits per heavy atom. The van der Waals surface area contributed by atoms with Crippen molar-refractivity contribution in [2.45, 2.75) is 20.4 Å². The van der Waals surface area contributed by atoms with Crippen molar-refractivity contribution in [3.05, 3.63) is 58.9 Å². The molecule has 90 valence electrons. The van der Waals surface area contributed by atoms with Crippen LogP contribution in [0.5, 0.6) is 0 Å². The lowest BCUT2D eigenvalue weighted by atomic mass is 10.1. The number of aromatic nitrogens is 1. The van der Waals surface area contributed by atoms with E-state index in [1.54, 1.807) is 12.3 Å². The first-order valence-electron chi connectivity index (χ1n) is 5.86. The second-order valence-corrected chi connectivity index (χ2v) is 4.26. The molecule has 0 aliphatic carbocycles. The van der Waals surface area contributed by atoms with E-state index in [2.05, 4.69) is 36.3 Å². The van der Waals surface area contributed by atoms with Crippen LogP contribution in [0.2, 0.25) is 0 Å². The minimum atomic E-state index is 0.454. The molecule has 3 heteroatoms. The molecule has 0 radical (unpaired) electrons. The molecule has 0 fully saturated rings. The van der Waals surface area contributed by atoms with Crippen LogP contribution in [0.1, 0.15) is 22.4 Å². The quantitative estimate of drug-likeness (QED) is 0.891. The van der Waals surface area contributed by atoms with Crippen LogP contribution in [-0.4, -0.2) is 4.98 Å². The van der Waals surface area contributed by atoms with Gasteiger partial charge < -0.3 is 5.32 Å². The summed E-state index contributed by atoms with van der Waals surface area (Å²) in [5, 5.41) is 12.2. The molecule has 1 aromatic heterocycles. The predicted molar refractivity (Wildman–Crippen MR) is 72.2 cm³/mol. The zero-order chi connectivity index (χ0) is 13.0. The molecule has 0 bridgehead atoms. The predicted octanol–water partition coefficient (Wildman–Crippen LogP) is 3.18. The largest absolute Gasteiger partial charge is 0.381 e. The monoisotopic (exact) mass is 237 g/mol. The summed E-state index contributed by atoms with van der Waals surface area (Å²) in [6, 6.07) is 12.0. The van der Waals surface area contributed by atoms with E-state index in [1.165, 1.54) is 11.1 Å². The van der Waals surface area contributed by atoms with Crippen LogP contribution in [0.15, 0.2) is 36.5 Å². The van der Waals surface area contributed by atoms with Crippen molar-refractivity contribution in [1.29, 1.82) is 5.26 Å². The first-order valence-corrected chi connectivity index (χ1v) is 5.86. The molecule has 0 atom stereocenters. The Hall–Kier alpha value is -2.34. The number of nitrogens with zero attached hydrogens (tertiary/aromatic N) is 2. The third kappa shape index (κ3) is 2.67. The van der Waals surface area contributed by atoms with Crippen molar-refractivity contribution in [2.24, 2.45) is 0 Å². The van der Waals surface area contributed by atoms with Crippen LogP contribution in [0.25, 0.3) is 0 Å². The van der Waals surface area contributed by atoms with E-state index < -0.39 is 0 Å². The van der Waals surface area contributed by atoms with E-state index in [1.807, 2.05) is 18.2 Å². The molecule has 2 aromatic rings. The Labute approximate surface area is 107 Å². The number of benzene rings is 1. The highest BCUT2D eigenvalue weighted by Crippen LogP contribution is 2.18. The Morgan fingerprint density at radius 3 is 2.89 bits per heavy atom. The second-order valence-electron chi connectivity index (χ2n) is 4.26. The summed E-state index contributed by atoms with van der Waals surface area (Å²) in [7, 11) is 0. The molecule has 0 unspecified atom stereocenters. The molecular formula is C15H15N3. The third-order valence-corrected chi connectivity index (χ3v) is 3.03. The molecule has 0 aliphatic heterocycles. The average molecular weight is 237 g/mol. The molecule has 2 rings (SSSR count). The lowest BCUT2D eigenvalue weighted by Crippen LogP contribution is -2.02. The van der Waals surface area contributed by atoms with Crippen molar-refractivity contribution in [2.75, 3.05) is 5.32 Å². The number of hydrogen-bond donors (Lipinski definition) is 1. The Bertz CT molecular complexity index is 597. The SMILES string of the molecule is Cc1cccc(NCc2ccnc(C#N)c2)c1C. The van der Waals surface area contributed by atoms with Gasteiger partial charge in [-0.3, -0.25) is 0 Å². The van der Waals surface area contributed by atoms with E-state index in [9.17, 15) is 0 Å². The highest BCUT2D eigenvalue weighted by molar-refractivity contribution is 5.53. The van der Waals surface area contributed by atoms with Gasteiger partial charge in [0, 0.05) is 18.4 Å². The van der Waals surface area contributed by atoms with Crippen LogP contribution in [0.3, 0.4) is 0 Å². The maximum absolute atomic E-state index is 8.79. The summed E-state index contributed by atoms with van der Waals surface area (Å²) in [4.78, 5) is 3.96. The van der Waals surface area contributed by atoms with Gasteiger partial charge in [-0.05, 0) is 48.7 Å². The molecular weight excluding hydrogens is 222 g/mol. The zero-order valence-electron chi connectivity index (χ0n) is 10.6. The summed E-state index contributed by atoms with van der Waals surface area (Å²) in [6.07, 6.45) is 1.67. The molecule has 1 N–H and O–H groups in total. The normalized spacial score (nSPS) is 9.83. The van der Waals surface area contributed by atoms with Crippen LogP contribution in [0, 0.1) is 25.2 Å². The lowest BCUT2D eigenvalue weighted by molar-refractivity contribution is 1.11. The zero-order valence-corrected chi connectivity index (χ0v) is 10.6. The Balaban J connectivity index is 2.12. The smallest absolute Gasteiger partial charge is 0.140 e. The summed E-state index contributed by atoms with van der Waals surface area (Å²) < 4.78 is 0. The van der Waals surface area contributed by atoms with Crippen LogP contribution in [-0.2, 0) is 6.54 Å². The number of anilines is 1. The number of pyridine rings is 1. The summed E-state index contributed by atoms with van der Waals surface area (Å²) in [5.41, 5.74) is 5.17.